The molecule has 2 aliphatic heterocycles. The third kappa shape index (κ3) is 5.68. The summed E-state index contributed by atoms with van der Waals surface area (Å²) in [6.07, 6.45) is 6.40. The highest BCUT2D eigenvalue weighted by Crippen LogP contribution is 2.24. The zero-order valence-electron chi connectivity index (χ0n) is 16.0. The van der Waals surface area contributed by atoms with Crippen molar-refractivity contribution < 1.29 is 19.1 Å². The summed E-state index contributed by atoms with van der Waals surface area (Å²) in [5.41, 5.74) is 0. The minimum absolute atomic E-state index is 0.104. The lowest BCUT2D eigenvalue weighted by Gasteiger charge is -2.24. The number of unbranched alkanes of at least 4 members (excludes halogenated alkanes) is 2. The van der Waals surface area contributed by atoms with Crippen LogP contribution in [0, 0.1) is 0 Å². The number of esters is 2. The predicted molar refractivity (Wildman–Crippen MR) is 96.3 cm³/mol. The van der Waals surface area contributed by atoms with Crippen molar-refractivity contribution in [3.63, 3.8) is 0 Å². The molecule has 0 spiro atoms. The number of likely N-dealkylation sites (tertiary alicyclic amines) is 2. The second-order valence-corrected chi connectivity index (χ2v) is 7.32. The number of nitrogens with zero attached hydrogens (tertiary/aromatic N) is 2. The van der Waals surface area contributed by atoms with Crippen LogP contribution in [0.5, 0.6) is 0 Å². The first-order chi connectivity index (χ1) is 12.1. The molecule has 0 aromatic heterocycles. The van der Waals surface area contributed by atoms with E-state index in [2.05, 4.69) is 18.7 Å². The molecule has 2 saturated heterocycles. The van der Waals surface area contributed by atoms with Crippen LogP contribution in [-0.2, 0) is 19.1 Å². The van der Waals surface area contributed by atoms with Gasteiger partial charge in [0, 0.05) is 13.0 Å². The number of rotatable bonds is 9. The first kappa shape index (κ1) is 20.2. The third-order valence-electron chi connectivity index (χ3n) is 5.24. The quantitative estimate of drug-likeness (QED) is 0.467. The molecule has 6 nitrogen and oxygen atoms in total. The lowest BCUT2D eigenvalue weighted by molar-refractivity contribution is -0.154. The van der Waals surface area contributed by atoms with E-state index in [4.69, 9.17) is 9.47 Å². The predicted octanol–water partition coefficient (Wildman–Crippen LogP) is 2.21. The topological polar surface area (TPSA) is 59.1 Å². The summed E-state index contributed by atoms with van der Waals surface area (Å²) in [6.45, 7) is 7.25. The van der Waals surface area contributed by atoms with Gasteiger partial charge < -0.3 is 9.47 Å². The first-order valence-corrected chi connectivity index (χ1v) is 9.88. The summed E-state index contributed by atoms with van der Waals surface area (Å²) in [7, 11) is 1.89. The van der Waals surface area contributed by atoms with Gasteiger partial charge in [0.15, 0.2) is 0 Å². The molecule has 3 atom stereocenters. The maximum absolute atomic E-state index is 12.6. The lowest BCUT2D eigenvalue weighted by Crippen LogP contribution is -2.39. The van der Waals surface area contributed by atoms with E-state index in [0.29, 0.717) is 19.6 Å². The molecule has 0 aromatic carbocycles. The molecule has 3 unspecified atom stereocenters. The molecule has 0 N–H and O–H groups in total. The van der Waals surface area contributed by atoms with Gasteiger partial charge in [0.2, 0.25) is 0 Å². The van der Waals surface area contributed by atoms with Gasteiger partial charge in [-0.05, 0) is 45.8 Å². The Morgan fingerprint density at radius 1 is 1.08 bits per heavy atom. The fraction of sp³-hybridized carbons (Fsp3) is 0.895. The molecule has 0 aromatic rings. The van der Waals surface area contributed by atoms with Gasteiger partial charge in [0.25, 0.3) is 0 Å². The van der Waals surface area contributed by atoms with E-state index in [-0.39, 0.29) is 30.1 Å². The SMILES string of the molecule is CCCCOC(=O)C1CC(OC(=O)C2CCCN2CCCC)CN1C. The third-order valence-corrected chi connectivity index (χ3v) is 5.24. The van der Waals surface area contributed by atoms with E-state index < -0.39 is 0 Å². The van der Waals surface area contributed by atoms with E-state index in [9.17, 15) is 9.59 Å². The summed E-state index contributed by atoms with van der Waals surface area (Å²) in [4.78, 5) is 28.9. The number of carbonyl (C=O) groups is 2. The van der Waals surface area contributed by atoms with E-state index in [1.165, 1.54) is 0 Å². The van der Waals surface area contributed by atoms with Crippen LogP contribution < -0.4 is 0 Å². The van der Waals surface area contributed by atoms with Crippen molar-refractivity contribution in [1.29, 1.82) is 0 Å². The van der Waals surface area contributed by atoms with Crippen LogP contribution in [0.4, 0.5) is 0 Å². The van der Waals surface area contributed by atoms with E-state index >= 15 is 0 Å². The van der Waals surface area contributed by atoms with Crippen molar-refractivity contribution in [2.45, 2.75) is 77.0 Å². The maximum atomic E-state index is 12.6. The molecule has 0 aliphatic carbocycles. The Balaban J connectivity index is 1.80. The Morgan fingerprint density at radius 3 is 2.56 bits per heavy atom. The highest BCUT2D eigenvalue weighted by Gasteiger charge is 2.39. The monoisotopic (exact) mass is 354 g/mol. The molecule has 0 bridgehead atoms. The Bertz CT molecular complexity index is 443. The molecule has 2 heterocycles. The number of hydrogen-bond donors (Lipinski definition) is 0. The molecular formula is C19H34N2O4. The van der Waals surface area contributed by atoms with Crippen LogP contribution >= 0.6 is 0 Å². The van der Waals surface area contributed by atoms with Crippen LogP contribution in [0.15, 0.2) is 0 Å². The summed E-state index contributed by atoms with van der Waals surface area (Å²) in [5, 5.41) is 0. The normalized spacial score (nSPS) is 27.6. The molecule has 25 heavy (non-hydrogen) atoms. The number of likely N-dealkylation sites (N-methyl/N-ethyl adjacent to an activating group) is 1. The molecule has 2 rings (SSSR count). The highest BCUT2D eigenvalue weighted by molar-refractivity contribution is 5.78. The van der Waals surface area contributed by atoms with Crippen molar-refractivity contribution >= 4 is 11.9 Å². The molecule has 6 heteroatoms. The van der Waals surface area contributed by atoms with Gasteiger partial charge in [-0.1, -0.05) is 26.7 Å². The average molecular weight is 354 g/mol. The zero-order valence-corrected chi connectivity index (χ0v) is 16.0. The fourth-order valence-corrected chi connectivity index (χ4v) is 3.69. The zero-order chi connectivity index (χ0) is 18.2. The van der Waals surface area contributed by atoms with Gasteiger partial charge in [0.1, 0.15) is 18.2 Å². The molecule has 144 valence electrons. The van der Waals surface area contributed by atoms with Gasteiger partial charge in [-0.3, -0.25) is 19.4 Å². The van der Waals surface area contributed by atoms with Gasteiger partial charge in [-0.2, -0.15) is 0 Å². The summed E-state index contributed by atoms with van der Waals surface area (Å²) in [6, 6.07) is -0.401. The summed E-state index contributed by atoms with van der Waals surface area (Å²) >= 11 is 0. The van der Waals surface area contributed by atoms with Crippen molar-refractivity contribution in [1.82, 2.24) is 9.80 Å². The van der Waals surface area contributed by atoms with Crippen molar-refractivity contribution in [2.75, 3.05) is 33.3 Å². The first-order valence-electron chi connectivity index (χ1n) is 9.88. The van der Waals surface area contributed by atoms with Gasteiger partial charge in [0.05, 0.1) is 6.61 Å². The maximum Gasteiger partial charge on any atom is 0.323 e. The van der Waals surface area contributed by atoms with Gasteiger partial charge >= 0.3 is 11.9 Å². The van der Waals surface area contributed by atoms with Crippen LogP contribution in [0.3, 0.4) is 0 Å². The summed E-state index contributed by atoms with van der Waals surface area (Å²) < 4.78 is 11.1. The molecule has 0 radical (unpaired) electrons. The van der Waals surface area contributed by atoms with E-state index in [1.54, 1.807) is 0 Å². The Morgan fingerprint density at radius 2 is 1.84 bits per heavy atom. The Labute approximate surface area is 151 Å². The minimum Gasteiger partial charge on any atom is -0.465 e. The smallest absolute Gasteiger partial charge is 0.323 e. The largest absolute Gasteiger partial charge is 0.465 e. The fourth-order valence-electron chi connectivity index (χ4n) is 3.69. The molecule has 2 fully saturated rings. The molecular weight excluding hydrogens is 320 g/mol. The molecule has 0 amide bonds. The second-order valence-electron chi connectivity index (χ2n) is 7.32. The number of carbonyl (C=O) groups excluding carboxylic acids is 2. The van der Waals surface area contributed by atoms with E-state index in [1.807, 2.05) is 11.9 Å². The van der Waals surface area contributed by atoms with Crippen molar-refractivity contribution in [3.05, 3.63) is 0 Å². The molecule has 2 aliphatic rings. The van der Waals surface area contributed by atoms with Crippen LogP contribution in [-0.4, -0.2) is 73.2 Å². The lowest BCUT2D eigenvalue weighted by atomic mass is 10.2. The Hall–Kier alpha value is -1.14. The number of hydrogen-bond acceptors (Lipinski definition) is 6. The highest BCUT2D eigenvalue weighted by atomic mass is 16.6. The minimum atomic E-state index is -0.297. The van der Waals surface area contributed by atoms with Crippen LogP contribution in [0.1, 0.15) is 58.8 Å². The van der Waals surface area contributed by atoms with Gasteiger partial charge in [-0.15, -0.1) is 0 Å². The second kappa shape index (κ2) is 10.1. The standard InChI is InChI=1S/C19H34N2O4/c1-4-6-10-21-11-8-9-16(21)19(23)25-15-13-17(20(3)14-15)18(22)24-12-7-5-2/h15-17H,4-14H2,1-3H3. The average Bonchev–Trinajstić information content (AvgIpc) is 3.19. The number of ether oxygens (including phenoxy) is 2. The van der Waals surface area contributed by atoms with Crippen molar-refractivity contribution in [2.24, 2.45) is 0 Å². The van der Waals surface area contributed by atoms with Crippen molar-refractivity contribution in [3.8, 4) is 0 Å². The van der Waals surface area contributed by atoms with Gasteiger partial charge in [-0.25, -0.2) is 0 Å². The van der Waals surface area contributed by atoms with E-state index in [0.717, 1.165) is 51.6 Å². The molecule has 0 saturated carbocycles. The Kier molecular flexibility index (Phi) is 8.16. The summed E-state index contributed by atoms with van der Waals surface area (Å²) in [5.74, 6) is -0.313. The van der Waals surface area contributed by atoms with Crippen LogP contribution in [0.25, 0.3) is 0 Å². The van der Waals surface area contributed by atoms with Crippen LogP contribution in [0.2, 0.25) is 0 Å².